The number of anilines is 2. The first-order valence-corrected chi connectivity index (χ1v) is 8.58. The van der Waals surface area contributed by atoms with E-state index in [-0.39, 0.29) is 0 Å². The number of piperidine rings is 1. The first-order chi connectivity index (χ1) is 11.2. The number of nitriles is 1. The molecule has 0 saturated carbocycles. The highest BCUT2D eigenvalue weighted by Crippen LogP contribution is 2.34. The average molecular weight is 307 g/mol. The first kappa shape index (κ1) is 15.7. The van der Waals surface area contributed by atoms with Gasteiger partial charge in [-0.05, 0) is 56.7 Å². The minimum Gasteiger partial charge on any atom is -0.370 e. The molecule has 1 heterocycles. The third kappa shape index (κ3) is 3.59. The number of aryl methyl sites for hydroxylation is 1. The quantitative estimate of drug-likeness (QED) is 0.870. The Morgan fingerprint density at radius 1 is 1.30 bits per heavy atom. The van der Waals surface area contributed by atoms with Crippen LogP contribution in [-0.2, 0) is 0 Å². The Balaban J connectivity index is 1.75. The van der Waals surface area contributed by atoms with E-state index in [1.54, 1.807) is 0 Å². The van der Waals surface area contributed by atoms with Crippen LogP contribution in [0.2, 0.25) is 0 Å². The van der Waals surface area contributed by atoms with Gasteiger partial charge >= 0.3 is 0 Å². The zero-order valence-corrected chi connectivity index (χ0v) is 13.9. The lowest BCUT2D eigenvalue weighted by molar-refractivity contribution is 0.578. The maximum atomic E-state index is 9.03. The number of rotatable bonds is 4. The Morgan fingerprint density at radius 3 is 2.78 bits per heavy atom. The second-order valence-electron chi connectivity index (χ2n) is 6.70. The van der Waals surface area contributed by atoms with Gasteiger partial charge < -0.3 is 10.2 Å². The van der Waals surface area contributed by atoms with Crippen molar-refractivity contribution in [2.45, 2.75) is 39.0 Å². The molecule has 1 aliphatic carbocycles. The van der Waals surface area contributed by atoms with E-state index < -0.39 is 0 Å². The van der Waals surface area contributed by atoms with Crippen molar-refractivity contribution in [2.75, 3.05) is 23.3 Å². The molecule has 1 aromatic carbocycles. The number of allylic oxidation sites excluding steroid dienone is 3. The van der Waals surface area contributed by atoms with E-state index in [1.807, 2.05) is 6.08 Å². The van der Waals surface area contributed by atoms with E-state index in [0.717, 1.165) is 42.9 Å². The van der Waals surface area contributed by atoms with Crippen LogP contribution < -0.4 is 10.2 Å². The molecule has 2 aliphatic rings. The summed E-state index contributed by atoms with van der Waals surface area (Å²) in [7, 11) is 0. The fourth-order valence-electron chi connectivity index (χ4n) is 3.49. The van der Waals surface area contributed by atoms with Gasteiger partial charge in [0.25, 0.3) is 0 Å². The van der Waals surface area contributed by atoms with Gasteiger partial charge in [-0.3, -0.25) is 0 Å². The first-order valence-electron chi connectivity index (χ1n) is 8.58. The lowest BCUT2D eigenvalue weighted by Crippen LogP contribution is -2.30. The number of hydrogen-bond acceptors (Lipinski definition) is 3. The fourth-order valence-corrected chi connectivity index (χ4v) is 3.49. The topological polar surface area (TPSA) is 39.1 Å². The minimum absolute atomic E-state index is 0.333. The van der Waals surface area contributed by atoms with E-state index in [0.29, 0.717) is 5.92 Å². The number of benzene rings is 1. The molecule has 1 aliphatic heterocycles. The zero-order chi connectivity index (χ0) is 16.2. The third-order valence-corrected chi connectivity index (χ3v) is 4.90. The van der Waals surface area contributed by atoms with Crippen LogP contribution in [0, 0.1) is 24.2 Å². The highest BCUT2D eigenvalue weighted by atomic mass is 15.1. The van der Waals surface area contributed by atoms with E-state index in [9.17, 15) is 0 Å². The summed E-state index contributed by atoms with van der Waals surface area (Å²) in [6.07, 6.45) is 7.65. The van der Waals surface area contributed by atoms with Crippen LogP contribution >= 0.6 is 0 Å². The highest BCUT2D eigenvalue weighted by Gasteiger charge is 2.21. The smallest absolute Gasteiger partial charge is 0.0943 e. The summed E-state index contributed by atoms with van der Waals surface area (Å²) in [6, 6.07) is 8.85. The summed E-state index contributed by atoms with van der Waals surface area (Å²) < 4.78 is 0. The average Bonchev–Trinajstić information content (AvgIpc) is 3.06. The van der Waals surface area contributed by atoms with Crippen LogP contribution in [0.25, 0.3) is 0 Å². The van der Waals surface area contributed by atoms with Crippen LogP contribution in [0.15, 0.2) is 42.1 Å². The molecule has 1 fully saturated rings. The lowest BCUT2D eigenvalue weighted by Gasteiger charge is -2.31. The van der Waals surface area contributed by atoms with Crippen molar-refractivity contribution in [3.8, 4) is 6.07 Å². The van der Waals surface area contributed by atoms with E-state index in [2.05, 4.69) is 48.0 Å². The predicted molar refractivity (Wildman–Crippen MR) is 96.4 cm³/mol. The Kier molecular flexibility index (Phi) is 4.71. The Hall–Kier alpha value is -2.21. The molecular weight excluding hydrogens is 282 g/mol. The summed E-state index contributed by atoms with van der Waals surface area (Å²) >= 11 is 0. The lowest BCUT2D eigenvalue weighted by atomic mass is 10.0. The maximum absolute atomic E-state index is 9.03. The number of hydrogen-bond donors (Lipinski definition) is 1. The third-order valence-electron chi connectivity index (χ3n) is 4.90. The van der Waals surface area contributed by atoms with Crippen molar-refractivity contribution < 1.29 is 0 Å². The standard InChI is InChI=1S/C20H25N3/c1-15-6-9-19(20(12-15)23-10-4-3-5-11-23)22-16(2)18-8-7-17(13-18)14-21/h6-7,9,12,18,22H,2-5,8,10-11,13H2,1H3. The number of nitrogens with one attached hydrogen (secondary N) is 1. The summed E-state index contributed by atoms with van der Waals surface area (Å²) in [4.78, 5) is 2.49. The molecule has 3 heteroatoms. The Morgan fingerprint density at radius 2 is 2.09 bits per heavy atom. The molecule has 0 spiro atoms. The molecule has 120 valence electrons. The molecule has 0 radical (unpaired) electrons. The van der Waals surface area contributed by atoms with Crippen LogP contribution in [0.5, 0.6) is 0 Å². The van der Waals surface area contributed by atoms with Gasteiger partial charge in [0.15, 0.2) is 0 Å². The minimum atomic E-state index is 0.333. The fraction of sp³-hybridized carbons (Fsp3) is 0.450. The van der Waals surface area contributed by atoms with Gasteiger partial charge in [0.1, 0.15) is 0 Å². The largest absolute Gasteiger partial charge is 0.370 e. The van der Waals surface area contributed by atoms with Gasteiger partial charge in [0.05, 0.1) is 17.4 Å². The van der Waals surface area contributed by atoms with Gasteiger partial charge in [-0.1, -0.05) is 18.7 Å². The molecule has 1 saturated heterocycles. The normalized spacial score (nSPS) is 20.8. The molecule has 3 rings (SSSR count). The molecule has 1 atom stereocenters. The van der Waals surface area contributed by atoms with Crippen LogP contribution in [-0.4, -0.2) is 13.1 Å². The van der Waals surface area contributed by atoms with E-state index in [1.165, 1.54) is 30.5 Å². The number of nitrogens with zero attached hydrogens (tertiary/aromatic N) is 2. The molecule has 0 amide bonds. The van der Waals surface area contributed by atoms with Crippen molar-refractivity contribution in [3.05, 3.63) is 47.7 Å². The predicted octanol–water partition coefficient (Wildman–Crippen LogP) is 4.77. The molecule has 3 nitrogen and oxygen atoms in total. The van der Waals surface area contributed by atoms with Crippen molar-refractivity contribution in [2.24, 2.45) is 5.92 Å². The van der Waals surface area contributed by atoms with Crippen molar-refractivity contribution in [1.82, 2.24) is 0 Å². The van der Waals surface area contributed by atoms with Crippen molar-refractivity contribution >= 4 is 11.4 Å². The van der Waals surface area contributed by atoms with Crippen molar-refractivity contribution in [1.29, 1.82) is 5.26 Å². The molecule has 0 aromatic heterocycles. The molecule has 0 bridgehead atoms. The van der Waals surface area contributed by atoms with Crippen LogP contribution in [0.1, 0.15) is 37.7 Å². The van der Waals surface area contributed by atoms with Crippen LogP contribution in [0.4, 0.5) is 11.4 Å². The SMILES string of the molecule is C=C(Nc1ccc(C)cc1N1CCCCC1)C1CC=C(C#N)C1. The maximum Gasteiger partial charge on any atom is 0.0943 e. The highest BCUT2D eigenvalue weighted by molar-refractivity contribution is 5.73. The van der Waals surface area contributed by atoms with Gasteiger partial charge in [-0.15, -0.1) is 0 Å². The second kappa shape index (κ2) is 6.91. The zero-order valence-electron chi connectivity index (χ0n) is 13.9. The molecule has 1 aromatic rings. The van der Waals surface area contributed by atoms with Crippen molar-refractivity contribution in [3.63, 3.8) is 0 Å². The summed E-state index contributed by atoms with van der Waals surface area (Å²) in [6.45, 7) is 8.65. The van der Waals surface area contributed by atoms with Crippen LogP contribution in [0.3, 0.4) is 0 Å². The summed E-state index contributed by atoms with van der Waals surface area (Å²) in [5.74, 6) is 0.333. The summed E-state index contributed by atoms with van der Waals surface area (Å²) in [5.41, 5.74) is 5.63. The van der Waals surface area contributed by atoms with Gasteiger partial charge in [0.2, 0.25) is 0 Å². The van der Waals surface area contributed by atoms with E-state index in [4.69, 9.17) is 5.26 Å². The molecule has 1 N–H and O–H groups in total. The second-order valence-corrected chi connectivity index (χ2v) is 6.70. The van der Waals surface area contributed by atoms with E-state index >= 15 is 0 Å². The monoisotopic (exact) mass is 307 g/mol. The van der Waals surface area contributed by atoms with Gasteiger partial charge in [-0.25, -0.2) is 0 Å². The Bertz CT molecular complexity index is 660. The summed E-state index contributed by atoms with van der Waals surface area (Å²) in [5, 5.41) is 12.6. The van der Waals surface area contributed by atoms with Gasteiger partial charge in [0, 0.05) is 30.3 Å². The van der Waals surface area contributed by atoms with Gasteiger partial charge in [-0.2, -0.15) is 5.26 Å². The Labute approximate surface area is 139 Å². The molecule has 1 unspecified atom stereocenters. The molecule has 23 heavy (non-hydrogen) atoms. The molecular formula is C20H25N3.